The van der Waals surface area contributed by atoms with Crippen LogP contribution in [0.2, 0.25) is 0 Å². The van der Waals surface area contributed by atoms with E-state index >= 15 is 0 Å². The monoisotopic (exact) mass is 314 g/mol. The lowest BCUT2D eigenvalue weighted by atomic mass is 10.2. The molecule has 0 spiro atoms. The number of anilines is 2. The number of methoxy groups -OCH3 is 1. The van der Waals surface area contributed by atoms with Crippen LogP contribution in [0.3, 0.4) is 0 Å². The second-order valence-electron chi connectivity index (χ2n) is 4.09. The molecule has 0 saturated carbocycles. The Labute approximate surface area is 120 Å². The largest absolute Gasteiger partial charge is 0.495 e. The zero-order valence-electron chi connectivity index (χ0n) is 11.2. The van der Waals surface area contributed by atoms with Gasteiger partial charge in [0.15, 0.2) is 0 Å². The third-order valence-electron chi connectivity index (χ3n) is 2.59. The van der Waals surface area contributed by atoms with Gasteiger partial charge in [0.05, 0.1) is 7.11 Å². The highest BCUT2D eigenvalue weighted by Gasteiger charge is 2.22. The molecule has 7 nitrogen and oxygen atoms in total. The third-order valence-corrected chi connectivity index (χ3v) is 4.83. The summed E-state index contributed by atoms with van der Waals surface area (Å²) in [4.78, 5) is -0.0315. The molecule has 2 rings (SSSR count). The molecule has 0 radical (unpaired) electrons. The standard InChI is InChI=1S/C11H14N4O3S2/c1-6-4-9(18-3)10(5-8(6)12)20(16,17)15-11-14-13-7(2)19-11/h4-5H,12H2,1-3H3,(H,14,15). The van der Waals surface area contributed by atoms with E-state index in [1.165, 1.54) is 13.2 Å². The number of nitrogens with zero attached hydrogens (tertiary/aromatic N) is 2. The molecule has 0 amide bonds. The Bertz CT molecular complexity index is 740. The van der Waals surface area contributed by atoms with E-state index < -0.39 is 10.0 Å². The Morgan fingerprint density at radius 3 is 2.55 bits per heavy atom. The normalized spacial score (nSPS) is 11.3. The van der Waals surface area contributed by atoms with Gasteiger partial charge in [-0.15, -0.1) is 10.2 Å². The number of rotatable bonds is 4. The molecule has 0 aliphatic carbocycles. The van der Waals surface area contributed by atoms with Crippen molar-refractivity contribution in [3.05, 3.63) is 22.7 Å². The molecule has 0 atom stereocenters. The van der Waals surface area contributed by atoms with Crippen molar-refractivity contribution in [1.29, 1.82) is 0 Å². The smallest absolute Gasteiger partial charge is 0.267 e. The molecule has 0 aliphatic rings. The van der Waals surface area contributed by atoms with Gasteiger partial charge in [-0.25, -0.2) is 8.42 Å². The van der Waals surface area contributed by atoms with E-state index in [-0.39, 0.29) is 15.8 Å². The maximum Gasteiger partial charge on any atom is 0.267 e. The van der Waals surface area contributed by atoms with Crippen LogP contribution in [0.25, 0.3) is 0 Å². The summed E-state index contributed by atoms with van der Waals surface area (Å²) in [5, 5.41) is 8.35. The van der Waals surface area contributed by atoms with Gasteiger partial charge in [-0.05, 0) is 31.5 Å². The van der Waals surface area contributed by atoms with Crippen LogP contribution in [-0.2, 0) is 10.0 Å². The molecule has 9 heteroatoms. The molecule has 0 fully saturated rings. The summed E-state index contributed by atoms with van der Waals surface area (Å²) in [6, 6.07) is 2.94. The van der Waals surface area contributed by atoms with Gasteiger partial charge in [-0.1, -0.05) is 11.3 Å². The van der Waals surface area contributed by atoms with Gasteiger partial charge in [0.2, 0.25) is 5.13 Å². The number of benzene rings is 1. The second kappa shape index (κ2) is 5.25. The number of sulfonamides is 1. The predicted octanol–water partition coefficient (Wildman–Crippen LogP) is 1.55. The van der Waals surface area contributed by atoms with E-state index in [1.54, 1.807) is 19.9 Å². The summed E-state index contributed by atoms with van der Waals surface area (Å²) < 4.78 is 32.2. The first-order valence-corrected chi connectivity index (χ1v) is 7.90. The number of ether oxygens (including phenoxy) is 1. The van der Waals surface area contributed by atoms with Crippen LogP contribution in [0.1, 0.15) is 10.6 Å². The summed E-state index contributed by atoms with van der Waals surface area (Å²) in [6.07, 6.45) is 0. The highest BCUT2D eigenvalue weighted by atomic mass is 32.2. The molecular weight excluding hydrogens is 300 g/mol. The summed E-state index contributed by atoms with van der Waals surface area (Å²) >= 11 is 1.15. The van der Waals surface area contributed by atoms with Crippen LogP contribution in [0.4, 0.5) is 10.8 Å². The summed E-state index contributed by atoms with van der Waals surface area (Å²) in [7, 11) is -2.43. The van der Waals surface area contributed by atoms with Gasteiger partial charge in [0, 0.05) is 5.69 Å². The average molecular weight is 314 g/mol. The first-order valence-electron chi connectivity index (χ1n) is 5.60. The zero-order chi connectivity index (χ0) is 14.9. The molecule has 0 unspecified atom stereocenters. The number of nitrogen functional groups attached to an aromatic ring is 1. The lowest BCUT2D eigenvalue weighted by molar-refractivity contribution is 0.402. The zero-order valence-corrected chi connectivity index (χ0v) is 12.8. The Kier molecular flexibility index (Phi) is 3.82. The number of nitrogens with one attached hydrogen (secondary N) is 1. The quantitative estimate of drug-likeness (QED) is 0.829. The van der Waals surface area contributed by atoms with Crippen molar-refractivity contribution in [2.75, 3.05) is 17.6 Å². The molecule has 108 valence electrons. The van der Waals surface area contributed by atoms with Crippen molar-refractivity contribution in [1.82, 2.24) is 10.2 Å². The predicted molar refractivity (Wildman–Crippen MR) is 77.6 cm³/mol. The van der Waals surface area contributed by atoms with Gasteiger partial charge >= 0.3 is 0 Å². The van der Waals surface area contributed by atoms with Crippen LogP contribution >= 0.6 is 11.3 Å². The maximum atomic E-state index is 12.3. The molecule has 0 saturated heterocycles. The number of aromatic nitrogens is 2. The van der Waals surface area contributed by atoms with Crippen molar-refractivity contribution in [2.24, 2.45) is 0 Å². The number of nitrogens with two attached hydrogens (primary N) is 1. The SMILES string of the molecule is COc1cc(C)c(N)cc1S(=O)(=O)Nc1nnc(C)s1. The Morgan fingerprint density at radius 2 is 2.00 bits per heavy atom. The third kappa shape index (κ3) is 2.83. The molecule has 1 aromatic carbocycles. The first-order chi connectivity index (χ1) is 9.33. The molecule has 3 N–H and O–H groups in total. The average Bonchev–Trinajstić information content (AvgIpc) is 2.76. The maximum absolute atomic E-state index is 12.3. The molecule has 1 heterocycles. The van der Waals surface area contributed by atoms with Gasteiger partial charge in [-0.2, -0.15) is 0 Å². The van der Waals surface area contributed by atoms with Crippen LogP contribution in [0, 0.1) is 13.8 Å². The van der Waals surface area contributed by atoms with Gasteiger partial charge in [-0.3, -0.25) is 4.72 Å². The topological polar surface area (TPSA) is 107 Å². The van der Waals surface area contributed by atoms with Crippen molar-refractivity contribution in [2.45, 2.75) is 18.7 Å². The molecule has 0 bridgehead atoms. The fourth-order valence-corrected chi connectivity index (χ4v) is 3.56. The minimum Gasteiger partial charge on any atom is -0.495 e. The summed E-state index contributed by atoms with van der Waals surface area (Å²) in [5.41, 5.74) is 6.88. The van der Waals surface area contributed by atoms with Gasteiger partial charge in [0.1, 0.15) is 15.7 Å². The molecular formula is C11H14N4O3S2. The Morgan fingerprint density at radius 1 is 1.30 bits per heavy atom. The number of hydrogen-bond acceptors (Lipinski definition) is 7. The van der Waals surface area contributed by atoms with Gasteiger partial charge in [0.25, 0.3) is 10.0 Å². The number of hydrogen-bond donors (Lipinski definition) is 2. The Balaban J connectivity index is 2.46. The van der Waals surface area contributed by atoms with Crippen molar-refractivity contribution in [3.8, 4) is 5.75 Å². The highest BCUT2D eigenvalue weighted by molar-refractivity contribution is 7.93. The number of aryl methyl sites for hydroxylation is 2. The van der Waals surface area contributed by atoms with Crippen LogP contribution in [-0.4, -0.2) is 25.7 Å². The lowest BCUT2D eigenvalue weighted by Crippen LogP contribution is -2.14. The van der Waals surface area contributed by atoms with Gasteiger partial charge < -0.3 is 10.5 Å². The van der Waals surface area contributed by atoms with E-state index in [9.17, 15) is 8.42 Å². The van der Waals surface area contributed by atoms with E-state index in [4.69, 9.17) is 10.5 Å². The molecule has 20 heavy (non-hydrogen) atoms. The lowest BCUT2D eigenvalue weighted by Gasteiger charge is -2.12. The highest BCUT2D eigenvalue weighted by Crippen LogP contribution is 2.30. The van der Waals surface area contributed by atoms with Crippen LogP contribution < -0.4 is 15.2 Å². The van der Waals surface area contributed by atoms with Crippen LogP contribution in [0.15, 0.2) is 17.0 Å². The fraction of sp³-hybridized carbons (Fsp3) is 0.273. The van der Waals surface area contributed by atoms with Crippen molar-refractivity contribution >= 4 is 32.2 Å². The second-order valence-corrected chi connectivity index (χ2v) is 6.92. The minimum absolute atomic E-state index is 0.0315. The van der Waals surface area contributed by atoms with Crippen molar-refractivity contribution in [3.63, 3.8) is 0 Å². The van der Waals surface area contributed by atoms with E-state index in [0.717, 1.165) is 16.9 Å². The first kappa shape index (κ1) is 14.5. The minimum atomic E-state index is -3.83. The van der Waals surface area contributed by atoms with E-state index in [1.807, 2.05) is 0 Å². The molecule has 0 aliphatic heterocycles. The fourth-order valence-electron chi connectivity index (χ4n) is 1.55. The van der Waals surface area contributed by atoms with E-state index in [2.05, 4.69) is 14.9 Å². The molecule has 1 aromatic heterocycles. The van der Waals surface area contributed by atoms with Crippen molar-refractivity contribution < 1.29 is 13.2 Å². The summed E-state index contributed by atoms with van der Waals surface area (Å²) in [5.74, 6) is 0.227. The van der Waals surface area contributed by atoms with E-state index in [0.29, 0.717) is 10.7 Å². The van der Waals surface area contributed by atoms with Crippen LogP contribution in [0.5, 0.6) is 5.75 Å². The molecule has 2 aromatic rings. The summed E-state index contributed by atoms with van der Waals surface area (Å²) in [6.45, 7) is 3.51. The Hall–Kier alpha value is -1.87.